The first-order valence-corrected chi connectivity index (χ1v) is 9.84. The molecule has 2 aliphatic rings. The van der Waals surface area contributed by atoms with Crippen molar-refractivity contribution in [1.29, 1.82) is 0 Å². The first kappa shape index (κ1) is 22.3. The zero-order valence-electron chi connectivity index (χ0n) is 17.2. The molecule has 0 fully saturated rings. The predicted molar refractivity (Wildman–Crippen MR) is 109 cm³/mol. The van der Waals surface area contributed by atoms with E-state index in [-0.39, 0.29) is 23.4 Å². The maximum Gasteiger partial charge on any atom is 0.416 e. The molecule has 172 valence electrons. The number of urea groups is 1. The summed E-state index contributed by atoms with van der Waals surface area (Å²) in [5, 5.41) is 4.99. The van der Waals surface area contributed by atoms with Crippen LogP contribution in [-0.2, 0) is 15.8 Å². The van der Waals surface area contributed by atoms with Crippen LogP contribution in [0.4, 0.5) is 28.0 Å². The molecule has 0 bridgehead atoms. The molecule has 1 unspecified atom stereocenters. The Hall–Kier alpha value is -3.89. The lowest BCUT2D eigenvalue weighted by Crippen LogP contribution is -2.45. The van der Waals surface area contributed by atoms with Crippen LogP contribution in [0, 0.1) is 5.82 Å². The van der Waals surface area contributed by atoms with Crippen molar-refractivity contribution in [2.24, 2.45) is 0 Å². The Labute approximate surface area is 185 Å². The molecule has 0 saturated carbocycles. The van der Waals surface area contributed by atoms with Gasteiger partial charge in [0, 0.05) is 12.7 Å². The van der Waals surface area contributed by atoms with Crippen molar-refractivity contribution in [3.8, 4) is 0 Å². The normalized spacial score (nSPS) is 18.4. The van der Waals surface area contributed by atoms with Crippen molar-refractivity contribution >= 4 is 23.5 Å². The summed E-state index contributed by atoms with van der Waals surface area (Å²) in [7, 11) is 1.39. The molecule has 7 nitrogen and oxygen atoms in total. The number of hydrogen-bond acceptors (Lipinski definition) is 3. The van der Waals surface area contributed by atoms with E-state index in [1.807, 2.05) is 0 Å². The molecule has 2 aliphatic heterocycles. The predicted octanol–water partition coefficient (Wildman–Crippen LogP) is 3.28. The van der Waals surface area contributed by atoms with Crippen molar-refractivity contribution in [3.63, 3.8) is 0 Å². The minimum Gasteiger partial charge on any atom is -0.326 e. The Morgan fingerprint density at radius 3 is 2.45 bits per heavy atom. The lowest BCUT2D eigenvalue weighted by molar-refractivity contribution is -0.138. The van der Waals surface area contributed by atoms with Gasteiger partial charge in [-0.05, 0) is 35.9 Å². The van der Waals surface area contributed by atoms with E-state index in [0.29, 0.717) is 5.69 Å². The molecular weight excluding hydrogens is 444 g/mol. The van der Waals surface area contributed by atoms with Crippen LogP contribution in [0.15, 0.2) is 59.8 Å². The molecule has 2 heterocycles. The Morgan fingerprint density at radius 2 is 1.79 bits per heavy atom. The van der Waals surface area contributed by atoms with Crippen LogP contribution in [0.2, 0.25) is 0 Å². The molecule has 33 heavy (non-hydrogen) atoms. The summed E-state index contributed by atoms with van der Waals surface area (Å²) in [6.45, 7) is -0.529. The van der Waals surface area contributed by atoms with Gasteiger partial charge < -0.3 is 15.5 Å². The molecule has 2 aromatic carbocycles. The number of rotatable bonds is 4. The van der Waals surface area contributed by atoms with Gasteiger partial charge in [0.25, 0.3) is 5.91 Å². The Morgan fingerprint density at radius 1 is 1.12 bits per heavy atom. The van der Waals surface area contributed by atoms with Crippen molar-refractivity contribution < 1.29 is 31.9 Å². The third-order valence-corrected chi connectivity index (χ3v) is 5.47. The zero-order chi connectivity index (χ0) is 23.9. The summed E-state index contributed by atoms with van der Waals surface area (Å²) in [5.74, 6) is -1.72. The van der Waals surface area contributed by atoms with Gasteiger partial charge in [0.1, 0.15) is 12.4 Å². The summed E-state index contributed by atoms with van der Waals surface area (Å²) in [5.41, 5.74) is -0.711. The minimum absolute atomic E-state index is 0.0246. The third kappa shape index (κ3) is 4.26. The molecule has 11 heteroatoms. The fourth-order valence-electron chi connectivity index (χ4n) is 3.90. The van der Waals surface area contributed by atoms with Gasteiger partial charge in [0.15, 0.2) is 0 Å². The van der Waals surface area contributed by atoms with Crippen molar-refractivity contribution in [2.75, 3.05) is 25.5 Å². The topological polar surface area (TPSA) is 81.8 Å². The molecular formula is C22H18F4N4O3. The van der Waals surface area contributed by atoms with Crippen LogP contribution in [0.5, 0.6) is 0 Å². The standard InChI is InChI=1S/C22H18F4N4O3/c1-29-16-10-30(11-17(31)27-13-8-6-12(23)7-9-13)20(32)18(16)19(28-21(29)33)14-4-2-3-5-15(14)22(24,25)26/h2-9,19H,10-11H2,1H3,(H,27,31)(H,28,33). The first-order valence-electron chi connectivity index (χ1n) is 9.84. The number of likely N-dealkylation sites (N-methyl/N-ethyl adjacent to an activating group) is 1. The molecule has 4 rings (SSSR count). The Kier molecular flexibility index (Phi) is 5.56. The fraction of sp³-hybridized carbons (Fsp3) is 0.227. The minimum atomic E-state index is -4.69. The monoisotopic (exact) mass is 462 g/mol. The van der Waals surface area contributed by atoms with Crippen LogP contribution in [0.1, 0.15) is 17.2 Å². The smallest absolute Gasteiger partial charge is 0.326 e. The molecule has 0 radical (unpaired) electrons. The van der Waals surface area contributed by atoms with Crippen LogP contribution in [0.3, 0.4) is 0 Å². The van der Waals surface area contributed by atoms with Crippen LogP contribution >= 0.6 is 0 Å². The van der Waals surface area contributed by atoms with Gasteiger partial charge >= 0.3 is 12.2 Å². The number of amides is 4. The number of carbonyl (C=O) groups is 3. The maximum absolute atomic E-state index is 13.6. The van der Waals surface area contributed by atoms with E-state index in [0.717, 1.165) is 28.0 Å². The lowest BCUT2D eigenvalue weighted by Gasteiger charge is -2.32. The van der Waals surface area contributed by atoms with E-state index in [1.165, 1.54) is 37.4 Å². The summed E-state index contributed by atoms with van der Waals surface area (Å²) in [4.78, 5) is 40.3. The molecule has 4 amide bonds. The largest absolute Gasteiger partial charge is 0.416 e. The highest BCUT2D eigenvalue weighted by molar-refractivity contribution is 6.04. The van der Waals surface area contributed by atoms with E-state index < -0.39 is 48.0 Å². The number of benzene rings is 2. The average Bonchev–Trinajstić information content (AvgIpc) is 3.08. The molecule has 1 atom stereocenters. The quantitative estimate of drug-likeness (QED) is 0.685. The number of nitrogens with one attached hydrogen (secondary N) is 2. The summed E-state index contributed by atoms with van der Waals surface area (Å²) >= 11 is 0. The van der Waals surface area contributed by atoms with Crippen LogP contribution in [-0.4, -0.2) is 47.8 Å². The second-order valence-corrected chi connectivity index (χ2v) is 7.60. The van der Waals surface area contributed by atoms with Gasteiger partial charge in [-0.2, -0.15) is 13.2 Å². The summed E-state index contributed by atoms with van der Waals surface area (Å²) in [6.07, 6.45) is -4.69. The Balaban J connectivity index is 1.61. The number of nitrogens with zero attached hydrogens (tertiary/aromatic N) is 2. The highest BCUT2D eigenvalue weighted by Crippen LogP contribution is 2.41. The molecule has 2 N–H and O–H groups in total. The zero-order valence-corrected chi connectivity index (χ0v) is 17.2. The van der Waals surface area contributed by atoms with Crippen molar-refractivity contribution in [2.45, 2.75) is 12.2 Å². The van der Waals surface area contributed by atoms with Gasteiger partial charge in [-0.3, -0.25) is 14.5 Å². The molecule has 0 saturated heterocycles. The van der Waals surface area contributed by atoms with Crippen LogP contribution in [0.25, 0.3) is 0 Å². The van der Waals surface area contributed by atoms with Crippen molar-refractivity contribution in [3.05, 3.63) is 76.7 Å². The van der Waals surface area contributed by atoms with Gasteiger partial charge in [-0.25, -0.2) is 9.18 Å². The van der Waals surface area contributed by atoms with Crippen molar-refractivity contribution in [1.82, 2.24) is 15.1 Å². The van der Waals surface area contributed by atoms with E-state index in [9.17, 15) is 31.9 Å². The third-order valence-electron chi connectivity index (χ3n) is 5.47. The highest BCUT2D eigenvalue weighted by Gasteiger charge is 2.46. The lowest BCUT2D eigenvalue weighted by atomic mass is 9.92. The van der Waals surface area contributed by atoms with Gasteiger partial charge in [0.2, 0.25) is 5.91 Å². The second kappa shape index (κ2) is 8.23. The SMILES string of the molecule is CN1C(=O)NC(c2ccccc2C(F)(F)F)C2=C1CN(CC(=O)Nc1ccc(F)cc1)C2=O. The number of anilines is 1. The first-order chi connectivity index (χ1) is 15.6. The number of hydrogen-bond donors (Lipinski definition) is 2. The number of halogens is 4. The van der Waals surface area contributed by atoms with E-state index in [2.05, 4.69) is 10.6 Å². The highest BCUT2D eigenvalue weighted by atomic mass is 19.4. The van der Waals surface area contributed by atoms with E-state index >= 15 is 0 Å². The van der Waals surface area contributed by atoms with E-state index in [1.54, 1.807) is 0 Å². The Bertz CT molecular complexity index is 1160. The number of carbonyl (C=O) groups excluding carboxylic acids is 3. The van der Waals surface area contributed by atoms with Gasteiger partial charge in [-0.1, -0.05) is 18.2 Å². The average molecular weight is 462 g/mol. The molecule has 2 aromatic rings. The molecule has 0 aliphatic carbocycles. The van der Waals surface area contributed by atoms with Crippen LogP contribution < -0.4 is 10.6 Å². The number of alkyl halides is 3. The van der Waals surface area contributed by atoms with Gasteiger partial charge in [0.05, 0.1) is 29.4 Å². The molecule has 0 spiro atoms. The molecule has 0 aromatic heterocycles. The fourth-order valence-corrected chi connectivity index (χ4v) is 3.90. The second-order valence-electron chi connectivity index (χ2n) is 7.60. The van der Waals surface area contributed by atoms with Gasteiger partial charge in [-0.15, -0.1) is 0 Å². The maximum atomic E-state index is 13.6. The summed E-state index contributed by atoms with van der Waals surface area (Å²) in [6, 6.07) is 7.74. The van der Waals surface area contributed by atoms with E-state index in [4.69, 9.17) is 0 Å². The summed E-state index contributed by atoms with van der Waals surface area (Å²) < 4.78 is 53.8.